The fourth-order valence-corrected chi connectivity index (χ4v) is 2.75. The average molecular weight is 285 g/mol. The Morgan fingerprint density at radius 2 is 2.26 bits per heavy atom. The third-order valence-electron chi connectivity index (χ3n) is 3.57. The van der Waals surface area contributed by atoms with Crippen LogP contribution >= 0.6 is 11.6 Å². The standard InChI is InChI=1S/C13H17ClN2O3/c14-11-4-5-13(16(18)19)10(7-11)8-15-6-2-1-3-12(15)9-17/h4-5,7,12,17H,1-3,6,8-9H2. The number of aliphatic hydroxyl groups excluding tert-OH is 1. The van der Waals surface area contributed by atoms with Crippen molar-refractivity contribution in [3.8, 4) is 0 Å². The Kier molecular flexibility index (Phi) is 4.74. The van der Waals surface area contributed by atoms with E-state index in [1.54, 1.807) is 6.07 Å². The van der Waals surface area contributed by atoms with Crippen molar-refractivity contribution < 1.29 is 10.0 Å². The second-order valence-electron chi connectivity index (χ2n) is 4.83. The predicted molar refractivity (Wildman–Crippen MR) is 73.2 cm³/mol. The minimum atomic E-state index is -0.385. The number of hydrogen-bond donors (Lipinski definition) is 1. The van der Waals surface area contributed by atoms with Crippen LogP contribution in [0, 0.1) is 10.1 Å². The van der Waals surface area contributed by atoms with E-state index in [4.69, 9.17) is 11.6 Å². The summed E-state index contributed by atoms with van der Waals surface area (Å²) in [6.07, 6.45) is 3.09. The van der Waals surface area contributed by atoms with Gasteiger partial charge in [-0.3, -0.25) is 15.0 Å². The van der Waals surface area contributed by atoms with E-state index in [1.165, 1.54) is 12.1 Å². The second kappa shape index (κ2) is 6.32. The number of nitrogens with zero attached hydrogens (tertiary/aromatic N) is 2. The maximum absolute atomic E-state index is 11.0. The molecule has 104 valence electrons. The van der Waals surface area contributed by atoms with Crippen LogP contribution in [0.2, 0.25) is 5.02 Å². The normalized spacial score (nSPS) is 20.4. The van der Waals surface area contributed by atoms with Gasteiger partial charge in [-0.2, -0.15) is 0 Å². The summed E-state index contributed by atoms with van der Waals surface area (Å²) < 4.78 is 0. The van der Waals surface area contributed by atoms with Crippen molar-refractivity contribution in [2.75, 3.05) is 13.2 Å². The Labute approximate surface area is 116 Å². The first-order valence-corrected chi connectivity index (χ1v) is 6.77. The summed E-state index contributed by atoms with van der Waals surface area (Å²) in [5.74, 6) is 0. The van der Waals surface area contributed by atoms with Crippen LogP contribution in [0.15, 0.2) is 18.2 Å². The van der Waals surface area contributed by atoms with Gasteiger partial charge in [-0.05, 0) is 31.5 Å². The van der Waals surface area contributed by atoms with Gasteiger partial charge in [-0.25, -0.2) is 0 Å². The fourth-order valence-electron chi connectivity index (χ4n) is 2.55. The third kappa shape index (κ3) is 3.43. The van der Waals surface area contributed by atoms with Gasteiger partial charge in [-0.1, -0.05) is 18.0 Å². The first-order valence-electron chi connectivity index (χ1n) is 6.39. The van der Waals surface area contributed by atoms with Gasteiger partial charge in [-0.15, -0.1) is 0 Å². The average Bonchev–Trinajstić information content (AvgIpc) is 2.39. The van der Waals surface area contributed by atoms with Crippen molar-refractivity contribution in [2.24, 2.45) is 0 Å². The van der Waals surface area contributed by atoms with E-state index in [2.05, 4.69) is 4.90 Å². The summed E-state index contributed by atoms with van der Waals surface area (Å²) in [5.41, 5.74) is 0.699. The van der Waals surface area contributed by atoms with E-state index >= 15 is 0 Å². The molecule has 1 aromatic carbocycles. The smallest absolute Gasteiger partial charge is 0.273 e. The highest BCUT2D eigenvalue weighted by Gasteiger charge is 2.24. The van der Waals surface area contributed by atoms with Crippen molar-refractivity contribution in [3.63, 3.8) is 0 Å². The summed E-state index contributed by atoms with van der Waals surface area (Å²) in [4.78, 5) is 12.7. The summed E-state index contributed by atoms with van der Waals surface area (Å²) >= 11 is 5.92. The molecule has 0 radical (unpaired) electrons. The lowest BCUT2D eigenvalue weighted by Gasteiger charge is -2.34. The van der Waals surface area contributed by atoms with Crippen LogP contribution in [0.3, 0.4) is 0 Å². The minimum absolute atomic E-state index is 0.0895. The number of benzene rings is 1. The number of nitro benzene ring substituents is 1. The molecule has 0 saturated carbocycles. The molecule has 1 N–H and O–H groups in total. The molecule has 1 heterocycles. The van der Waals surface area contributed by atoms with Gasteiger partial charge < -0.3 is 5.11 Å². The third-order valence-corrected chi connectivity index (χ3v) is 3.81. The Balaban J connectivity index is 2.21. The molecule has 2 rings (SSSR count). The number of aliphatic hydroxyl groups is 1. The molecule has 1 fully saturated rings. The van der Waals surface area contributed by atoms with Crippen LogP contribution in [-0.4, -0.2) is 34.1 Å². The zero-order valence-electron chi connectivity index (χ0n) is 10.6. The summed E-state index contributed by atoms with van der Waals surface area (Å²) in [5, 5.41) is 20.9. The molecule has 1 saturated heterocycles. The molecule has 1 unspecified atom stereocenters. The predicted octanol–water partition coefficient (Wildman–Crippen LogP) is 2.60. The molecule has 19 heavy (non-hydrogen) atoms. The number of piperidine rings is 1. The number of hydrogen-bond acceptors (Lipinski definition) is 4. The lowest BCUT2D eigenvalue weighted by atomic mass is 10.0. The Hall–Kier alpha value is -1.17. The van der Waals surface area contributed by atoms with Crippen molar-refractivity contribution in [3.05, 3.63) is 38.9 Å². The maximum Gasteiger partial charge on any atom is 0.273 e. The Morgan fingerprint density at radius 1 is 1.47 bits per heavy atom. The van der Waals surface area contributed by atoms with Crippen molar-refractivity contribution in [1.82, 2.24) is 4.90 Å². The number of likely N-dealkylation sites (tertiary alicyclic amines) is 1. The Morgan fingerprint density at radius 3 is 2.95 bits per heavy atom. The van der Waals surface area contributed by atoms with E-state index in [0.29, 0.717) is 17.1 Å². The lowest BCUT2D eigenvalue weighted by molar-refractivity contribution is -0.385. The fraction of sp³-hybridized carbons (Fsp3) is 0.538. The maximum atomic E-state index is 11.0. The zero-order chi connectivity index (χ0) is 13.8. The molecule has 0 amide bonds. The number of rotatable bonds is 4. The van der Waals surface area contributed by atoms with Crippen LogP contribution in [0.25, 0.3) is 0 Å². The summed E-state index contributed by atoms with van der Waals surface area (Å²) in [7, 11) is 0. The van der Waals surface area contributed by atoms with Gasteiger partial charge in [0.25, 0.3) is 5.69 Å². The first-order chi connectivity index (χ1) is 9.11. The SMILES string of the molecule is O=[N+]([O-])c1ccc(Cl)cc1CN1CCCCC1CO. The van der Waals surface area contributed by atoms with Crippen LogP contribution in [-0.2, 0) is 6.54 Å². The topological polar surface area (TPSA) is 66.6 Å². The zero-order valence-corrected chi connectivity index (χ0v) is 11.3. The molecule has 1 atom stereocenters. The van der Waals surface area contributed by atoms with Gasteiger partial charge in [0, 0.05) is 29.2 Å². The van der Waals surface area contributed by atoms with E-state index in [9.17, 15) is 15.2 Å². The molecule has 6 heteroatoms. The van der Waals surface area contributed by atoms with Crippen molar-refractivity contribution in [2.45, 2.75) is 31.8 Å². The molecule has 0 aromatic heterocycles. The highest BCUT2D eigenvalue weighted by molar-refractivity contribution is 6.30. The van der Waals surface area contributed by atoms with Gasteiger partial charge in [0.1, 0.15) is 0 Å². The molecule has 0 bridgehead atoms. The van der Waals surface area contributed by atoms with E-state index in [-0.39, 0.29) is 23.3 Å². The van der Waals surface area contributed by atoms with Gasteiger partial charge in [0.2, 0.25) is 0 Å². The highest BCUT2D eigenvalue weighted by Crippen LogP contribution is 2.27. The van der Waals surface area contributed by atoms with Gasteiger partial charge in [0.05, 0.1) is 11.5 Å². The molecule has 1 aliphatic heterocycles. The van der Waals surface area contributed by atoms with Crippen molar-refractivity contribution >= 4 is 17.3 Å². The van der Waals surface area contributed by atoms with Crippen LogP contribution in [0.1, 0.15) is 24.8 Å². The van der Waals surface area contributed by atoms with Gasteiger partial charge in [0.15, 0.2) is 0 Å². The van der Waals surface area contributed by atoms with E-state index in [1.807, 2.05) is 0 Å². The number of nitro groups is 1. The molecule has 5 nitrogen and oxygen atoms in total. The Bertz CT molecular complexity index is 467. The van der Waals surface area contributed by atoms with Crippen LogP contribution in [0.5, 0.6) is 0 Å². The molecule has 0 spiro atoms. The summed E-state index contributed by atoms with van der Waals surface area (Å²) in [6, 6.07) is 4.70. The van der Waals surface area contributed by atoms with Gasteiger partial charge >= 0.3 is 0 Å². The van der Waals surface area contributed by atoms with Crippen LogP contribution in [0.4, 0.5) is 5.69 Å². The second-order valence-corrected chi connectivity index (χ2v) is 5.27. The molecule has 1 aromatic rings. The van der Waals surface area contributed by atoms with E-state index in [0.717, 1.165) is 25.8 Å². The summed E-state index contributed by atoms with van der Waals surface area (Å²) in [6.45, 7) is 1.41. The quantitative estimate of drug-likeness (QED) is 0.682. The first kappa shape index (κ1) is 14.2. The molecule has 1 aliphatic rings. The monoisotopic (exact) mass is 284 g/mol. The molecular formula is C13H17ClN2O3. The number of halogens is 1. The minimum Gasteiger partial charge on any atom is -0.395 e. The largest absolute Gasteiger partial charge is 0.395 e. The molecule has 0 aliphatic carbocycles. The van der Waals surface area contributed by atoms with Crippen molar-refractivity contribution in [1.29, 1.82) is 0 Å². The lowest BCUT2D eigenvalue weighted by Crippen LogP contribution is -2.41. The van der Waals surface area contributed by atoms with E-state index < -0.39 is 0 Å². The highest BCUT2D eigenvalue weighted by atomic mass is 35.5. The van der Waals surface area contributed by atoms with Crippen LogP contribution < -0.4 is 0 Å². The molecular weight excluding hydrogens is 268 g/mol.